The number of phenolic OH excluding ortho intramolecular Hbond substituents is 2. The fraction of sp³-hybridized carbons (Fsp3) is 0. The molecule has 0 aliphatic heterocycles. The summed E-state index contributed by atoms with van der Waals surface area (Å²) in [5, 5.41) is 33.8. The topological polar surface area (TPSA) is 83.5 Å². The van der Waals surface area contributed by atoms with Crippen molar-refractivity contribution >= 4 is 16.4 Å². The van der Waals surface area contributed by atoms with Crippen LogP contribution >= 0.6 is 0 Å². The number of fused-ring (bicyclic) bond motifs is 3. The van der Waals surface area contributed by atoms with Crippen molar-refractivity contribution in [3.8, 4) is 22.9 Å². The highest BCUT2D eigenvalue weighted by atomic mass is 16.3. The van der Waals surface area contributed by atoms with Gasteiger partial charge in [0, 0.05) is 16.8 Å². The summed E-state index contributed by atoms with van der Waals surface area (Å²) in [4.78, 5) is 0. The van der Waals surface area contributed by atoms with Gasteiger partial charge in [-0.3, -0.25) is 0 Å². The molecule has 21 heavy (non-hydrogen) atoms. The van der Waals surface area contributed by atoms with E-state index >= 15 is 0 Å². The van der Waals surface area contributed by atoms with Crippen LogP contribution in [0.1, 0.15) is 0 Å². The minimum atomic E-state index is -0.0701. The highest BCUT2D eigenvalue weighted by Gasteiger charge is 2.15. The van der Waals surface area contributed by atoms with Gasteiger partial charge in [-0.15, -0.1) is 10.2 Å². The number of nitrogens with zero attached hydrogens (tertiary/aromatic N) is 4. The maximum absolute atomic E-state index is 9.97. The Morgan fingerprint density at radius 2 is 1.81 bits per heavy atom. The zero-order valence-electron chi connectivity index (χ0n) is 10.8. The van der Waals surface area contributed by atoms with Crippen LogP contribution in [0.5, 0.6) is 11.5 Å². The summed E-state index contributed by atoms with van der Waals surface area (Å²) in [5.41, 5.74) is 1.08. The first kappa shape index (κ1) is 11.7. The van der Waals surface area contributed by atoms with E-state index in [4.69, 9.17) is 0 Å². The second-order valence-electron chi connectivity index (χ2n) is 4.69. The van der Waals surface area contributed by atoms with Gasteiger partial charge < -0.3 is 10.2 Å². The van der Waals surface area contributed by atoms with E-state index in [1.807, 2.05) is 24.3 Å². The molecule has 0 saturated heterocycles. The van der Waals surface area contributed by atoms with Crippen molar-refractivity contribution in [2.24, 2.45) is 0 Å². The molecule has 0 amide bonds. The van der Waals surface area contributed by atoms with Crippen molar-refractivity contribution in [1.29, 1.82) is 0 Å². The third-order valence-electron chi connectivity index (χ3n) is 3.38. The fourth-order valence-electron chi connectivity index (χ4n) is 2.37. The number of aromatic hydroxyl groups is 2. The van der Waals surface area contributed by atoms with Crippen LogP contribution in [0.15, 0.2) is 48.7 Å². The van der Waals surface area contributed by atoms with Crippen LogP contribution in [0.2, 0.25) is 0 Å². The van der Waals surface area contributed by atoms with Crippen LogP contribution in [0.25, 0.3) is 27.8 Å². The van der Waals surface area contributed by atoms with E-state index < -0.39 is 0 Å². The summed E-state index contributed by atoms with van der Waals surface area (Å²) in [7, 11) is 0. The molecular formula is C15H10N4O2. The quantitative estimate of drug-likeness (QED) is 0.558. The van der Waals surface area contributed by atoms with Crippen LogP contribution in [0.4, 0.5) is 0 Å². The lowest BCUT2D eigenvalue weighted by Gasteiger charge is -2.04. The number of hydrogen-bond donors (Lipinski definition) is 2. The molecule has 2 aromatic carbocycles. The first-order valence-corrected chi connectivity index (χ1v) is 6.35. The number of hydrogen-bond acceptors (Lipinski definition) is 5. The van der Waals surface area contributed by atoms with E-state index in [2.05, 4.69) is 15.3 Å². The maximum Gasteiger partial charge on any atom is 0.189 e. The lowest BCUT2D eigenvalue weighted by molar-refractivity contribution is 0.451. The van der Waals surface area contributed by atoms with E-state index in [-0.39, 0.29) is 11.5 Å². The molecule has 0 radical (unpaired) electrons. The van der Waals surface area contributed by atoms with Crippen molar-refractivity contribution in [2.75, 3.05) is 0 Å². The molecule has 0 atom stereocenters. The predicted molar refractivity (Wildman–Crippen MR) is 77.1 cm³/mol. The minimum Gasteiger partial charge on any atom is -0.508 e. The van der Waals surface area contributed by atoms with Crippen LogP contribution < -0.4 is 0 Å². The molecule has 0 unspecified atom stereocenters. The molecule has 0 saturated carbocycles. The number of phenols is 2. The molecule has 4 rings (SSSR count). The summed E-state index contributed by atoms with van der Waals surface area (Å²) in [6, 6.07) is 12.1. The number of rotatable bonds is 1. The Bertz CT molecular complexity index is 978. The van der Waals surface area contributed by atoms with E-state index in [1.165, 1.54) is 12.1 Å². The van der Waals surface area contributed by atoms with E-state index in [1.54, 1.807) is 16.8 Å². The minimum absolute atomic E-state index is 0.0107. The first-order valence-electron chi connectivity index (χ1n) is 6.35. The Hall–Kier alpha value is -3.15. The van der Waals surface area contributed by atoms with Crippen LogP contribution in [-0.2, 0) is 0 Å². The molecule has 0 aliphatic carbocycles. The van der Waals surface area contributed by atoms with E-state index in [9.17, 15) is 10.2 Å². The molecule has 6 nitrogen and oxygen atoms in total. The molecule has 102 valence electrons. The Labute approximate surface area is 118 Å². The Morgan fingerprint density at radius 3 is 2.67 bits per heavy atom. The molecule has 6 heteroatoms. The Balaban J connectivity index is 2.04. The second kappa shape index (κ2) is 4.17. The monoisotopic (exact) mass is 278 g/mol. The molecular weight excluding hydrogens is 268 g/mol. The van der Waals surface area contributed by atoms with Crippen molar-refractivity contribution in [1.82, 2.24) is 19.8 Å². The molecule has 2 heterocycles. The average molecular weight is 278 g/mol. The van der Waals surface area contributed by atoms with Gasteiger partial charge in [0.15, 0.2) is 11.5 Å². The molecule has 4 aromatic rings. The second-order valence-corrected chi connectivity index (χ2v) is 4.69. The molecule has 0 aliphatic rings. The summed E-state index contributed by atoms with van der Waals surface area (Å²) < 4.78 is 1.58. The normalized spacial score (nSPS) is 11.2. The summed E-state index contributed by atoms with van der Waals surface area (Å²) >= 11 is 0. The molecule has 0 fully saturated rings. The zero-order chi connectivity index (χ0) is 14.4. The van der Waals surface area contributed by atoms with Gasteiger partial charge >= 0.3 is 0 Å². The summed E-state index contributed by atoms with van der Waals surface area (Å²) in [6.45, 7) is 0. The van der Waals surface area contributed by atoms with Crippen molar-refractivity contribution < 1.29 is 10.2 Å². The van der Waals surface area contributed by atoms with Crippen molar-refractivity contribution in [3.63, 3.8) is 0 Å². The van der Waals surface area contributed by atoms with E-state index in [0.29, 0.717) is 17.0 Å². The van der Waals surface area contributed by atoms with Gasteiger partial charge in [0.05, 0.1) is 11.8 Å². The number of aromatic nitrogens is 4. The van der Waals surface area contributed by atoms with Crippen LogP contribution in [-0.4, -0.2) is 30.0 Å². The lowest BCUT2D eigenvalue weighted by atomic mass is 10.1. The summed E-state index contributed by atoms with van der Waals surface area (Å²) in [6.07, 6.45) is 1.73. The molecule has 2 N–H and O–H groups in total. The van der Waals surface area contributed by atoms with E-state index in [0.717, 1.165) is 10.8 Å². The van der Waals surface area contributed by atoms with Gasteiger partial charge in [-0.1, -0.05) is 24.3 Å². The maximum atomic E-state index is 9.97. The van der Waals surface area contributed by atoms with Gasteiger partial charge in [0.2, 0.25) is 0 Å². The average Bonchev–Trinajstić information content (AvgIpc) is 2.91. The van der Waals surface area contributed by atoms with Crippen molar-refractivity contribution in [2.45, 2.75) is 0 Å². The highest BCUT2D eigenvalue weighted by Crippen LogP contribution is 2.31. The lowest BCUT2D eigenvalue weighted by Crippen LogP contribution is -1.95. The SMILES string of the molecule is Oc1ccc(-c2nnc3c4ccccc4cnn23)c(O)c1. The third kappa shape index (κ3) is 1.69. The van der Waals surface area contributed by atoms with Gasteiger partial charge in [-0.25, -0.2) is 0 Å². The number of benzene rings is 2. The van der Waals surface area contributed by atoms with Crippen molar-refractivity contribution in [3.05, 3.63) is 48.7 Å². The largest absolute Gasteiger partial charge is 0.508 e. The zero-order valence-corrected chi connectivity index (χ0v) is 10.8. The first-order chi connectivity index (χ1) is 10.2. The Kier molecular flexibility index (Phi) is 2.32. The molecule has 2 aromatic heterocycles. The van der Waals surface area contributed by atoms with Gasteiger partial charge in [-0.2, -0.15) is 9.61 Å². The standard InChI is InChI=1S/C15H10N4O2/c20-10-5-6-12(13(21)7-10)15-18-17-14-11-4-2-1-3-9(11)8-16-19(14)15/h1-8,20-21H. The van der Waals surface area contributed by atoms with Crippen LogP contribution in [0, 0.1) is 0 Å². The third-order valence-corrected chi connectivity index (χ3v) is 3.38. The predicted octanol–water partition coefficient (Wildman–Crippen LogP) is 2.36. The fourth-order valence-corrected chi connectivity index (χ4v) is 2.37. The highest BCUT2D eigenvalue weighted by molar-refractivity contribution is 5.93. The van der Waals surface area contributed by atoms with Gasteiger partial charge in [0.1, 0.15) is 11.5 Å². The molecule has 0 spiro atoms. The van der Waals surface area contributed by atoms with Crippen LogP contribution in [0.3, 0.4) is 0 Å². The summed E-state index contributed by atoms with van der Waals surface area (Å²) in [5.74, 6) is 0.344. The van der Waals surface area contributed by atoms with Gasteiger partial charge in [-0.05, 0) is 12.1 Å². The Morgan fingerprint density at radius 1 is 0.952 bits per heavy atom. The molecule has 0 bridgehead atoms. The smallest absolute Gasteiger partial charge is 0.189 e. The van der Waals surface area contributed by atoms with Gasteiger partial charge in [0.25, 0.3) is 0 Å².